The van der Waals surface area contributed by atoms with E-state index in [0.717, 1.165) is 34.4 Å². The van der Waals surface area contributed by atoms with Crippen LogP contribution in [0.2, 0.25) is 0 Å². The van der Waals surface area contributed by atoms with Crippen LogP contribution in [0.15, 0.2) is 28.7 Å². The lowest BCUT2D eigenvalue weighted by Crippen LogP contribution is -2.19. The molecule has 0 saturated carbocycles. The molecule has 0 aliphatic rings. The van der Waals surface area contributed by atoms with Crippen LogP contribution in [0.5, 0.6) is 11.6 Å². The Kier molecular flexibility index (Phi) is 5.20. The van der Waals surface area contributed by atoms with Crippen molar-refractivity contribution in [1.29, 1.82) is 0 Å². The van der Waals surface area contributed by atoms with Crippen LogP contribution in [0.4, 0.5) is 0 Å². The summed E-state index contributed by atoms with van der Waals surface area (Å²) >= 11 is 3.52. The van der Waals surface area contributed by atoms with Crippen LogP contribution in [0, 0.1) is 6.92 Å². The fraction of sp³-hybridized carbons (Fsp3) is 0.400. The number of aromatic nitrogens is 2. The Balaban J connectivity index is 2.23. The number of rotatable bonds is 6. The highest BCUT2D eigenvalue weighted by atomic mass is 79.9. The van der Waals surface area contributed by atoms with Crippen molar-refractivity contribution in [2.45, 2.75) is 33.2 Å². The summed E-state index contributed by atoms with van der Waals surface area (Å²) in [6.07, 6.45) is 1.10. The fourth-order valence-corrected chi connectivity index (χ4v) is 2.36. The third kappa shape index (κ3) is 3.84. The molecule has 1 aromatic heterocycles. The summed E-state index contributed by atoms with van der Waals surface area (Å²) in [4.78, 5) is 0. The van der Waals surface area contributed by atoms with E-state index in [0.29, 0.717) is 5.88 Å². The van der Waals surface area contributed by atoms with Crippen molar-refractivity contribution in [3.05, 3.63) is 40.0 Å². The van der Waals surface area contributed by atoms with Gasteiger partial charge >= 0.3 is 0 Å². The Morgan fingerprint density at radius 1 is 1.40 bits per heavy atom. The van der Waals surface area contributed by atoms with Gasteiger partial charge in [0.15, 0.2) is 0 Å². The summed E-state index contributed by atoms with van der Waals surface area (Å²) in [5, 5.41) is 10.5. The molecule has 0 amide bonds. The van der Waals surface area contributed by atoms with Gasteiger partial charge in [-0.25, -0.2) is 0 Å². The number of nitrogens with one attached hydrogen (secondary N) is 2. The lowest BCUT2D eigenvalue weighted by atomic mass is 10.1. The number of nitrogens with zero attached hydrogens (tertiary/aromatic N) is 1. The van der Waals surface area contributed by atoms with Crippen LogP contribution in [-0.4, -0.2) is 16.7 Å². The van der Waals surface area contributed by atoms with Crippen molar-refractivity contribution >= 4 is 15.9 Å². The molecule has 20 heavy (non-hydrogen) atoms. The van der Waals surface area contributed by atoms with E-state index in [2.05, 4.69) is 51.4 Å². The second-order valence-corrected chi connectivity index (χ2v) is 5.76. The third-order valence-electron chi connectivity index (χ3n) is 3.04. The second-order valence-electron chi connectivity index (χ2n) is 4.85. The molecule has 108 valence electrons. The number of hydrogen-bond acceptors (Lipinski definition) is 3. The first-order chi connectivity index (χ1) is 9.60. The standard InChI is InChI=1S/C15H20BrN3O/c1-4-7-17-11(3)13-9-12(16)5-6-14(13)20-15-8-10(2)18-19-15/h5-6,8-9,11,17H,4,7H2,1-3H3,(H,18,19). The van der Waals surface area contributed by atoms with E-state index < -0.39 is 0 Å². The van der Waals surface area contributed by atoms with Gasteiger partial charge in [0.25, 0.3) is 0 Å². The molecule has 2 aromatic rings. The number of hydrogen-bond donors (Lipinski definition) is 2. The average molecular weight is 338 g/mol. The summed E-state index contributed by atoms with van der Waals surface area (Å²) in [5.74, 6) is 1.42. The van der Waals surface area contributed by atoms with E-state index in [-0.39, 0.29) is 6.04 Å². The summed E-state index contributed by atoms with van der Waals surface area (Å²) in [5.41, 5.74) is 2.10. The molecular weight excluding hydrogens is 318 g/mol. The summed E-state index contributed by atoms with van der Waals surface area (Å²) in [7, 11) is 0. The molecule has 0 bridgehead atoms. The van der Waals surface area contributed by atoms with Gasteiger partial charge in [0.05, 0.1) is 0 Å². The van der Waals surface area contributed by atoms with E-state index in [1.54, 1.807) is 0 Å². The minimum Gasteiger partial charge on any atom is -0.437 e. The molecule has 0 aliphatic carbocycles. The number of aromatic amines is 1. The van der Waals surface area contributed by atoms with Crippen molar-refractivity contribution in [1.82, 2.24) is 15.5 Å². The smallest absolute Gasteiger partial charge is 0.238 e. The Labute approximate surface area is 128 Å². The van der Waals surface area contributed by atoms with Gasteiger partial charge < -0.3 is 10.1 Å². The maximum absolute atomic E-state index is 5.88. The Morgan fingerprint density at radius 3 is 2.85 bits per heavy atom. The zero-order valence-electron chi connectivity index (χ0n) is 12.0. The lowest BCUT2D eigenvalue weighted by molar-refractivity contribution is 0.443. The van der Waals surface area contributed by atoms with Gasteiger partial charge in [0, 0.05) is 27.8 Å². The molecule has 0 spiro atoms. The van der Waals surface area contributed by atoms with Crippen LogP contribution in [0.3, 0.4) is 0 Å². The lowest BCUT2D eigenvalue weighted by Gasteiger charge is -2.17. The van der Waals surface area contributed by atoms with Gasteiger partial charge in [-0.2, -0.15) is 0 Å². The number of H-pyrrole nitrogens is 1. The number of ether oxygens (including phenoxy) is 1. The Morgan fingerprint density at radius 2 is 2.20 bits per heavy atom. The molecule has 1 atom stereocenters. The number of aryl methyl sites for hydroxylation is 1. The fourth-order valence-electron chi connectivity index (χ4n) is 1.98. The first-order valence-corrected chi connectivity index (χ1v) is 7.62. The van der Waals surface area contributed by atoms with Crippen molar-refractivity contribution in [3.63, 3.8) is 0 Å². The summed E-state index contributed by atoms with van der Waals surface area (Å²) in [6, 6.07) is 8.14. The summed E-state index contributed by atoms with van der Waals surface area (Å²) in [6.45, 7) is 7.23. The van der Waals surface area contributed by atoms with Crippen molar-refractivity contribution in [2.75, 3.05) is 6.54 Å². The quantitative estimate of drug-likeness (QED) is 0.824. The van der Waals surface area contributed by atoms with Crippen molar-refractivity contribution < 1.29 is 4.74 Å². The molecule has 0 fully saturated rings. The van der Waals surface area contributed by atoms with Gasteiger partial charge in [0.1, 0.15) is 5.75 Å². The monoisotopic (exact) mass is 337 g/mol. The van der Waals surface area contributed by atoms with Crippen LogP contribution in [0.1, 0.15) is 37.6 Å². The summed E-state index contributed by atoms with van der Waals surface area (Å²) < 4.78 is 6.93. The molecule has 5 heteroatoms. The third-order valence-corrected chi connectivity index (χ3v) is 3.53. The van der Waals surface area contributed by atoms with Gasteiger partial charge in [-0.15, -0.1) is 5.10 Å². The second kappa shape index (κ2) is 6.90. The number of halogens is 1. The van der Waals surface area contributed by atoms with Crippen molar-refractivity contribution in [3.8, 4) is 11.6 Å². The molecule has 0 saturated heterocycles. The van der Waals surface area contributed by atoms with E-state index in [4.69, 9.17) is 4.74 Å². The predicted molar refractivity (Wildman–Crippen MR) is 84.2 cm³/mol. The normalized spacial score (nSPS) is 12.4. The maximum Gasteiger partial charge on any atom is 0.238 e. The Bertz CT molecular complexity index is 568. The zero-order chi connectivity index (χ0) is 14.5. The molecule has 0 aliphatic heterocycles. The largest absolute Gasteiger partial charge is 0.437 e. The number of benzene rings is 1. The highest BCUT2D eigenvalue weighted by Crippen LogP contribution is 2.31. The van der Waals surface area contributed by atoms with E-state index in [1.165, 1.54) is 0 Å². The minimum atomic E-state index is 0.225. The van der Waals surface area contributed by atoms with Crippen molar-refractivity contribution in [2.24, 2.45) is 0 Å². The Hall–Kier alpha value is -1.33. The molecule has 1 heterocycles. The van der Waals surface area contributed by atoms with E-state index in [9.17, 15) is 0 Å². The van der Waals surface area contributed by atoms with Crippen LogP contribution in [-0.2, 0) is 0 Å². The molecule has 1 unspecified atom stereocenters. The molecule has 4 nitrogen and oxygen atoms in total. The van der Waals surface area contributed by atoms with Gasteiger partial charge in [-0.3, -0.25) is 5.10 Å². The molecular formula is C15H20BrN3O. The molecule has 1 aromatic carbocycles. The first-order valence-electron chi connectivity index (χ1n) is 6.83. The zero-order valence-corrected chi connectivity index (χ0v) is 13.6. The van der Waals surface area contributed by atoms with Crippen LogP contribution >= 0.6 is 15.9 Å². The molecule has 0 radical (unpaired) electrons. The average Bonchev–Trinajstić information content (AvgIpc) is 2.83. The predicted octanol–water partition coefficient (Wildman–Crippen LogP) is 4.33. The molecule has 2 rings (SSSR count). The van der Waals surface area contributed by atoms with Gasteiger partial charge in [0.2, 0.25) is 5.88 Å². The SMILES string of the molecule is CCCNC(C)c1cc(Br)ccc1Oc1cc(C)[nH]n1. The van der Waals surface area contributed by atoms with Crippen LogP contribution in [0.25, 0.3) is 0 Å². The minimum absolute atomic E-state index is 0.225. The van der Waals surface area contributed by atoms with E-state index >= 15 is 0 Å². The van der Waals surface area contributed by atoms with Gasteiger partial charge in [-0.05, 0) is 45.0 Å². The highest BCUT2D eigenvalue weighted by Gasteiger charge is 2.13. The van der Waals surface area contributed by atoms with E-state index in [1.807, 2.05) is 25.1 Å². The molecule has 2 N–H and O–H groups in total. The van der Waals surface area contributed by atoms with Crippen LogP contribution < -0.4 is 10.1 Å². The maximum atomic E-state index is 5.88. The van der Waals surface area contributed by atoms with Gasteiger partial charge in [-0.1, -0.05) is 22.9 Å². The first kappa shape index (κ1) is 15.1. The highest BCUT2D eigenvalue weighted by molar-refractivity contribution is 9.10. The topological polar surface area (TPSA) is 49.9 Å².